The third kappa shape index (κ3) is 4.11. The number of nitrogens with two attached hydrogens (primary N) is 1. The number of nitrogen functional groups attached to an aromatic ring is 1. The van der Waals surface area contributed by atoms with Gasteiger partial charge in [0.25, 0.3) is 0 Å². The van der Waals surface area contributed by atoms with E-state index in [-0.39, 0.29) is 5.91 Å². The highest BCUT2D eigenvalue weighted by Crippen LogP contribution is 2.24. The highest BCUT2D eigenvalue weighted by Gasteiger charge is 2.07. The van der Waals surface area contributed by atoms with Gasteiger partial charge in [0, 0.05) is 41.3 Å². The van der Waals surface area contributed by atoms with Crippen molar-refractivity contribution in [1.29, 1.82) is 0 Å². The van der Waals surface area contributed by atoms with E-state index in [9.17, 15) is 4.79 Å². The molecule has 1 amide bonds. The maximum absolute atomic E-state index is 11.1. The highest BCUT2D eigenvalue weighted by molar-refractivity contribution is 5.88. The minimum Gasteiger partial charge on any atom is -0.399 e. The fraction of sp³-hybridized carbons (Fsp3) is 0.105. The smallest absolute Gasteiger partial charge is 0.221 e. The summed E-state index contributed by atoms with van der Waals surface area (Å²) in [5.41, 5.74) is 9.92. The Hall–Kier alpha value is -3.41. The summed E-state index contributed by atoms with van der Waals surface area (Å²) in [6.07, 6.45) is 1.78. The summed E-state index contributed by atoms with van der Waals surface area (Å²) in [5.74, 6) is 1.23. The Bertz CT molecular complexity index is 906. The summed E-state index contributed by atoms with van der Waals surface area (Å²) in [4.78, 5) is 20.1. The summed E-state index contributed by atoms with van der Waals surface area (Å²) < 4.78 is 0. The number of nitrogens with zero attached hydrogens (tertiary/aromatic N) is 2. The van der Waals surface area contributed by atoms with E-state index in [2.05, 4.69) is 20.6 Å². The second kappa shape index (κ2) is 7.00. The first kappa shape index (κ1) is 16.4. The van der Waals surface area contributed by atoms with Crippen LogP contribution in [0.1, 0.15) is 12.5 Å². The first-order valence-corrected chi connectivity index (χ1v) is 7.85. The number of anilines is 4. The van der Waals surface area contributed by atoms with Gasteiger partial charge in [-0.25, -0.2) is 9.97 Å². The van der Waals surface area contributed by atoms with Crippen LogP contribution < -0.4 is 16.4 Å². The molecule has 6 heteroatoms. The highest BCUT2D eigenvalue weighted by atomic mass is 16.1. The van der Waals surface area contributed by atoms with Gasteiger partial charge in [-0.3, -0.25) is 4.79 Å². The molecule has 0 aliphatic heterocycles. The van der Waals surface area contributed by atoms with E-state index in [1.807, 2.05) is 55.5 Å². The van der Waals surface area contributed by atoms with Crippen LogP contribution in [0.2, 0.25) is 0 Å². The Morgan fingerprint density at radius 1 is 1.08 bits per heavy atom. The van der Waals surface area contributed by atoms with Crippen LogP contribution in [0.3, 0.4) is 0 Å². The molecule has 4 N–H and O–H groups in total. The van der Waals surface area contributed by atoms with E-state index in [0.717, 1.165) is 28.3 Å². The molecule has 0 aliphatic rings. The molecule has 6 nitrogen and oxygen atoms in total. The molecule has 1 heterocycles. The number of amides is 1. The monoisotopic (exact) mass is 333 g/mol. The fourth-order valence-electron chi connectivity index (χ4n) is 2.36. The number of hydrogen-bond donors (Lipinski definition) is 3. The van der Waals surface area contributed by atoms with Crippen molar-refractivity contribution in [1.82, 2.24) is 9.97 Å². The number of rotatable bonds is 4. The molecule has 2 aromatic carbocycles. The Kier molecular flexibility index (Phi) is 4.61. The van der Waals surface area contributed by atoms with Crippen LogP contribution in [0.5, 0.6) is 0 Å². The molecule has 0 atom stereocenters. The molecule has 0 bridgehead atoms. The lowest BCUT2D eigenvalue weighted by atomic mass is 10.2. The minimum absolute atomic E-state index is 0.0980. The van der Waals surface area contributed by atoms with Gasteiger partial charge < -0.3 is 16.4 Å². The molecular weight excluding hydrogens is 314 g/mol. The SMILES string of the molecule is CC(=O)Nc1ccc(Nc2nc(-c3cccc(N)c3)ncc2C)cc1. The summed E-state index contributed by atoms with van der Waals surface area (Å²) >= 11 is 0. The molecule has 3 rings (SSSR count). The fourth-order valence-corrected chi connectivity index (χ4v) is 2.36. The number of carbonyl (C=O) groups excluding carboxylic acids is 1. The molecule has 0 radical (unpaired) electrons. The zero-order chi connectivity index (χ0) is 17.8. The van der Waals surface area contributed by atoms with Gasteiger partial charge in [-0.2, -0.15) is 0 Å². The second-order valence-corrected chi connectivity index (χ2v) is 5.73. The predicted octanol–water partition coefficient (Wildman–Crippen LogP) is 3.74. The molecule has 0 fully saturated rings. The number of carbonyl (C=O) groups is 1. The lowest BCUT2D eigenvalue weighted by molar-refractivity contribution is -0.114. The third-order valence-corrected chi connectivity index (χ3v) is 3.58. The second-order valence-electron chi connectivity index (χ2n) is 5.73. The van der Waals surface area contributed by atoms with Crippen LogP contribution in [0.25, 0.3) is 11.4 Å². The molecule has 3 aromatic rings. The summed E-state index contributed by atoms with van der Waals surface area (Å²) in [6.45, 7) is 3.42. The average Bonchev–Trinajstić information content (AvgIpc) is 2.58. The van der Waals surface area contributed by atoms with Crippen molar-refractivity contribution in [2.45, 2.75) is 13.8 Å². The Labute approximate surface area is 146 Å². The Morgan fingerprint density at radius 3 is 2.48 bits per heavy atom. The number of nitrogens with one attached hydrogen (secondary N) is 2. The quantitative estimate of drug-likeness (QED) is 0.633. The standard InChI is InChI=1S/C19H19N5O/c1-12-11-21-19(14-4-3-5-15(20)10-14)24-18(12)23-17-8-6-16(7-9-17)22-13(2)25/h3-11H,20H2,1-2H3,(H,22,25)(H,21,23,24). The molecule has 1 aromatic heterocycles. The Balaban J connectivity index is 1.85. The van der Waals surface area contributed by atoms with Gasteiger partial charge in [-0.05, 0) is 43.3 Å². The first-order valence-electron chi connectivity index (χ1n) is 7.85. The van der Waals surface area contributed by atoms with E-state index in [1.165, 1.54) is 6.92 Å². The average molecular weight is 333 g/mol. The van der Waals surface area contributed by atoms with Gasteiger partial charge in [-0.15, -0.1) is 0 Å². The van der Waals surface area contributed by atoms with E-state index in [0.29, 0.717) is 11.5 Å². The van der Waals surface area contributed by atoms with Crippen LogP contribution >= 0.6 is 0 Å². The summed E-state index contributed by atoms with van der Waals surface area (Å²) in [5, 5.41) is 6.02. The molecule has 126 valence electrons. The van der Waals surface area contributed by atoms with Crippen molar-refractivity contribution in [3.05, 3.63) is 60.3 Å². The van der Waals surface area contributed by atoms with Gasteiger partial charge in [0.15, 0.2) is 5.82 Å². The van der Waals surface area contributed by atoms with Gasteiger partial charge >= 0.3 is 0 Å². The molecule has 0 unspecified atom stereocenters. The zero-order valence-electron chi connectivity index (χ0n) is 14.1. The van der Waals surface area contributed by atoms with E-state index in [4.69, 9.17) is 5.73 Å². The predicted molar refractivity (Wildman–Crippen MR) is 101 cm³/mol. The van der Waals surface area contributed by atoms with Crippen molar-refractivity contribution in [2.24, 2.45) is 0 Å². The van der Waals surface area contributed by atoms with Gasteiger partial charge in [0.05, 0.1) is 0 Å². The van der Waals surface area contributed by atoms with Crippen molar-refractivity contribution in [2.75, 3.05) is 16.4 Å². The topological polar surface area (TPSA) is 92.9 Å². The maximum Gasteiger partial charge on any atom is 0.221 e. The van der Waals surface area contributed by atoms with Crippen LogP contribution in [0.15, 0.2) is 54.7 Å². The van der Waals surface area contributed by atoms with Crippen LogP contribution in [0, 0.1) is 6.92 Å². The molecular formula is C19H19N5O. The van der Waals surface area contributed by atoms with Crippen molar-refractivity contribution < 1.29 is 4.79 Å². The molecule has 0 saturated heterocycles. The van der Waals surface area contributed by atoms with E-state index >= 15 is 0 Å². The number of hydrogen-bond acceptors (Lipinski definition) is 5. The minimum atomic E-state index is -0.0980. The third-order valence-electron chi connectivity index (χ3n) is 3.58. The van der Waals surface area contributed by atoms with Crippen molar-refractivity contribution in [3.8, 4) is 11.4 Å². The lowest BCUT2D eigenvalue weighted by Crippen LogP contribution is -2.05. The van der Waals surface area contributed by atoms with Crippen LogP contribution in [0.4, 0.5) is 22.9 Å². The number of benzene rings is 2. The largest absolute Gasteiger partial charge is 0.399 e. The van der Waals surface area contributed by atoms with E-state index in [1.54, 1.807) is 6.20 Å². The first-order chi connectivity index (χ1) is 12.0. The molecule has 0 spiro atoms. The van der Waals surface area contributed by atoms with Crippen molar-refractivity contribution >= 4 is 28.8 Å². The zero-order valence-corrected chi connectivity index (χ0v) is 14.1. The van der Waals surface area contributed by atoms with Gasteiger partial charge in [0.2, 0.25) is 5.91 Å². The Morgan fingerprint density at radius 2 is 1.80 bits per heavy atom. The van der Waals surface area contributed by atoms with Gasteiger partial charge in [0.1, 0.15) is 5.82 Å². The van der Waals surface area contributed by atoms with Crippen LogP contribution in [-0.4, -0.2) is 15.9 Å². The lowest BCUT2D eigenvalue weighted by Gasteiger charge is -2.11. The maximum atomic E-state index is 11.1. The summed E-state index contributed by atoms with van der Waals surface area (Å²) in [7, 11) is 0. The summed E-state index contributed by atoms with van der Waals surface area (Å²) in [6, 6.07) is 14.9. The van der Waals surface area contributed by atoms with Crippen molar-refractivity contribution in [3.63, 3.8) is 0 Å². The number of aryl methyl sites for hydroxylation is 1. The molecule has 0 saturated carbocycles. The van der Waals surface area contributed by atoms with Crippen LogP contribution in [-0.2, 0) is 4.79 Å². The number of aromatic nitrogens is 2. The van der Waals surface area contributed by atoms with E-state index < -0.39 is 0 Å². The molecule has 25 heavy (non-hydrogen) atoms. The molecule has 0 aliphatic carbocycles. The van der Waals surface area contributed by atoms with Gasteiger partial charge in [-0.1, -0.05) is 12.1 Å². The normalized spacial score (nSPS) is 10.3.